The number of rotatable bonds is 8. The molecule has 0 atom stereocenters. The molecule has 1 saturated carbocycles. The minimum atomic E-state index is -0.945. The molecule has 1 rings (SSSR count). The van der Waals surface area contributed by atoms with Crippen LogP contribution in [0, 0.1) is 0 Å². The molecule has 0 bridgehead atoms. The van der Waals surface area contributed by atoms with Gasteiger partial charge in [-0.05, 0) is 46.3 Å². The molecule has 0 radical (unpaired) electrons. The van der Waals surface area contributed by atoms with Crippen molar-refractivity contribution in [3.63, 3.8) is 0 Å². The highest BCUT2D eigenvalue weighted by Crippen LogP contribution is 2.23. The summed E-state index contributed by atoms with van der Waals surface area (Å²) in [5.74, 6) is -0.945. The van der Waals surface area contributed by atoms with E-state index in [1.807, 2.05) is 14.1 Å². The molecule has 2 N–H and O–H groups in total. The Morgan fingerprint density at radius 3 is 2.40 bits per heavy atom. The van der Waals surface area contributed by atoms with Gasteiger partial charge < -0.3 is 20.2 Å². The van der Waals surface area contributed by atoms with Crippen molar-refractivity contribution in [3.05, 3.63) is 0 Å². The number of hydrogen-bond donors (Lipinski definition) is 2. The average Bonchev–Trinajstić information content (AvgIpc) is 2.88. The van der Waals surface area contributed by atoms with E-state index in [-0.39, 0.29) is 18.6 Å². The van der Waals surface area contributed by atoms with Crippen LogP contribution in [0.15, 0.2) is 0 Å². The fourth-order valence-electron chi connectivity index (χ4n) is 2.58. The summed E-state index contributed by atoms with van der Waals surface area (Å²) in [6, 6.07) is -0.142. The minimum absolute atomic E-state index is 0.0906. The Balaban J connectivity index is 2.33. The number of nitrogens with zero attached hydrogens (tertiary/aromatic N) is 2. The average molecular weight is 285 g/mol. The second kappa shape index (κ2) is 8.79. The summed E-state index contributed by atoms with van der Waals surface area (Å²) >= 11 is 0. The fraction of sp³-hybridized carbons (Fsp3) is 0.857. The van der Waals surface area contributed by atoms with Gasteiger partial charge in [0.1, 0.15) is 6.54 Å². The topological polar surface area (TPSA) is 72.9 Å². The molecule has 0 aromatic rings. The molecule has 1 aliphatic carbocycles. The molecule has 6 heteroatoms. The van der Waals surface area contributed by atoms with E-state index in [2.05, 4.69) is 10.2 Å². The van der Waals surface area contributed by atoms with E-state index >= 15 is 0 Å². The molecule has 6 nitrogen and oxygen atoms in total. The van der Waals surface area contributed by atoms with Crippen LogP contribution in [0.4, 0.5) is 4.79 Å². The van der Waals surface area contributed by atoms with E-state index < -0.39 is 5.97 Å². The van der Waals surface area contributed by atoms with Gasteiger partial charge in [-0.1, -0.05) is 12.8 Å². The van der Waals surface area contributed by atoms with Crippen LogP contribution >= 0.6 is 0 Å². The predicted octanol–water partition coefficient (Wildman–Crippen LogP) is 1.37. The number of nitrogens with one attached hydrogen (secondary N) is 1. The number of urea groups is 1. The van der Waals surface area contributed by atoms with E-state index in [0.29, 0.717) is 6.54 Å². The number of amides is 2. The van der Waals surface area contributed by atoms with Crippen molar-refractivity contribution in [2.45, 2.75) is 44.6 Å². The van der Waals surface area contributed by atoms with Crippen LogP contribution in [0.5, 0.6) is 0 Å². The van der Waals surface area contributed by atoms with Crippen molar-refractivity contribution in [2.24, 2.45) is 0 Å². The lowest BCUT2D eigenvalue weighted by Gasteiger charge is -2.27. The highest BCUT2D eigenvalue weighted by Gasteiger charge is 2.27. The summed E-state index contributed by atoms with van der Waals surface area (Å²) in [5, 5.41) is 11.8. The van der Waals surface area contributed by atoms with Crippen LogP contribution in [0.25, 0.3) is 0 Å². The second-order valence-corrected chi connectivity index (χ2v) is 5.70. The largest absolute Gasteiger partial charge is 0.480 e. The first-order valence-corrected chi connectivity index (χ1v) is 7.41. The zero-order valence-electron chi connectivity index (χ0n) is 12.6. The molecule has 2 amide bonds. The Kier molecular flexibility index (Phi) is 7.36. The Hall–Kier alpha value is -1.30. The molecule has 1 fully saturated rings. The van der Waals surface area contributed by atoms with Crippen molar-refractivity contribution in [1.82, 2.24) is 15.1 Å². The summed E-state index contributed by atoms with van der Waals surface area (Å²) in [5.41, 5.74) is 0. The number of unbranched alkanes of at least 4 members (excludes halogenated alkanes) is 1. The highest BCUT2D eigenvalue weighted by atomic mass is 16.4. The number of carbonyl (C=O) groups is 2. The third kappa shape index (κ3) is 6.23. The molecule has 0 aromatic carbocycles. The van der Waals surface area contributed by atoms with Crippen LogP contribution in [-0.2, 0) is 4.79 Å². The standard InChI is InChI=1S/C14H27N3O3/c1-16(2)10-6-5-9-15-14(20)17(11-13(18)19)12-7-3-4-8-12/h12H,3-11H2,1-2H3,(H,15,20)(H,18,19). The van der Waals surface area contributed by atoms with Gasteiger partial charge in [0.25, 0.3) is 0 Å². The Bertz CT molecular complexity index is 315. The summed E-state index contributed by atoms with van der Waals surface area (Å²) in [4.78, 5) is 26.6. The number of aliphatic carboxylic acids is 1. The lowest BCUT2D eigenvalue weighted by molar-refractivity contribution is -0.138. The molecule has 0 saturated heterocycles. The van der Waals surface area contributed by atoms with E-state index in [4.69, 9.17) is 5.11 Å². The quantitative estimate of drug-likeness (QED) is 0.661. The normalized spacial score (nSPS) is 15.6. The number of carboxylic acid groups (broad SMARTS) is 1. The monoisotopic (exact) mass is 285 g/mol. The van der Waals surface area contributed by atoms with Crippen LogP contribution in [0.1, 0.15) is 38.5 Å². The molecule has 0 aromatic heterocycles. The van der Waals surface area contributed by atoms with Crippen molar-refractivity contribution >= 4 is 12.0 Å². The fourth-order valence-corrected chi connectivity index (χ4v) is 2.58. The first-order chi connectivity index (χ1) is 9.50. The predicted molar refractivity (Wildman–Crippen MR) is 77.8 cm³/mol. The molecular formula is C14H27N3O3. The molecular weight excluding hydrogens is 258 g/mol. The highest BCUT2D eigenvalue weighted by molar-refractivity contribution is 5.80. The maximum atomic E-state index is 12.1. The van der Waals surface area contributed by atoms with Crippen LogP contribution < -0.4 is 5.32 Å². The number of carbonyl (C=O) groups excluding carboxylic acids is 1. The van der Waals surface area contributed by atoms with Gasteiger partial charge in [-0.25, -0.2) is 4.79 Å². The van der Waals surface area contributed by atoms with Gasteiger partial charge in [0.2, 0.25) is 0 Å². The van der Waals surface area contributed by atoms with Gasteiger partial charge in [0, 0.05) is 12.6 Å². The van der Waals surface area contributed by atoms with Crippen LogP contribution in [0.3, 0.4) is 0 Å². The van der Waals surface area contributed by atoms with Gasteiger partial charge in [0.05, 0.1) is 0 Å². The Morgan fingerprint density at radius 1 is 1.20 bits per heavy atom. The van der Waals surface area contributed by atoms with Gasteiger partial charge in [-0.15, -0.1) is 0 Å². The lowest BCUT2D eigenvalue weighted by atomic mass is 10.2. The molecule has 1 aliphatic rings. The number of carboxylic acids is 1. The van der Waals surface area contributed by atoms with Gasteiger partial charge in [-0.3, -0.25) is 4.79 Å². The third-order valence-corrected chi connectivity index (χ3v) is 3.64. The zero-order valence-corrected chi connectivity index (χ0v) is 12.6. The number of hydrogen-bond acceptors (Lipinski definition) is 3. The second-order valence-electron chi connectivity index (χ2n) is 5.70. The van der Waals surface area contributed by atoms with Crippen molar-refractivity contribution in [2.75, 3.05) is 33.7 Å². The Labute approximate surface area is 121 Å². The molecule has 116 valence electrons. The van der Waals surface area contributed by atoms with Crippen molar-refractivity contribution in [1.29, 1.82) is 0 Å². The van der Waals surface area contributed by atoms with E-state index in [0.717, 1.165) is 45.1 Å². The van der Waals surface area contributed by atoms with Crippen LogP contribution in [0.2, 0.25) is 0 Å². The third-order valence-electron chi connectivity index (χ3n) is 3.64. The van der Waals surface area contributed by atoms with Gasteiger partial charge in [-0.2, -0.15) is 0 Å². The van der Waals surface area contributed by atoms with Crippen molar-refractivity contribution < 1.29 is 14.7 Å². The summed E-state index contributed by atoms with van der Waals surface area (Å²) in [6.07, 6.45) is 5.93. The van der Waals surface area contributed by atoms with E-state index in [1.165, 1.54) is 4.90 Å². The maximum absolute atomic E-state index is 12.1. The minimum Gasteiger partial charge on any atom is -0.480 e. The van der Waals surface area contributed by atoms with Crippen LogP contribution in [-0.4, -0.2) is 66.7 Å². The molecule has 0 heterocycles. The lowest BCUT2D eigenvalue weighted by Crippen LogP contribution is -2.47. The smallest absolute Gasteiger partial charge is 0.323 e. The summed E-state index contributed by atoms with van der Waals surface area (Å²) in [6.45, 7) is 1.40. The first kappa shape index (κ1) is 16.8. The van der Waals surface area contributed by atoms with E-state index in [9.17, 15) is 9.59 Å². The molecule has 20 heavy (non-hydrogen) atoms. The van der Waals surface area contributed by atoms with Gasteiger partial charge >= 0.3 is 12.0 Å². The molecule has 0 spiro atoms. The SMILES string of the molecule is CN(C)CCCCNC(=O)N(CC(=O)O)C1CCCC1. The van der Waals surface area contributed by atoms with Crippen molar-refractivity contribution in [3.8, 4) is 0 Å². The molecule has 0 aliphatic heterocycles. The van der Waals surface area contributed by atoms with E-state index in [1.54, 1.807) is 0 Å². The first-order valence-electron chi connectivity index (χ1n) is 7.41. The summed E-state index contributed by atoms with van der Waals surface area (Å²) in [7, 11) is 4.04. The zero-order chi connectivity index (χ0) is 15.0. The summed E-state index contributed by atoms with van der Waals surface area (Å²) < 4.78 is 0. The van der Waals surface area contributed by atoms with Gasteiger partial charge in [0.15, 0.2) is 0 Å². The molecule has 0 unspecified atom stereocenters. The maximum Gasteiger partial charge on any atom is 0.323 e. The Morgan fingerprint density at radius 2 is 1.85 bits per heavy atom.